The molecule has 0 bridgehead atoms. The van der Waals surface area contributed by atoms with Gasteiger partial charge in [-0.1, -0.05) is 6.07 Å². The molecule has 4 rings (SSSR count). The molecule has 4 heterocycles. The quantitative estimate of drug-likeness (QED) is 0.403. The number of anilines is 1. The first kappa shape index (κ1) is 30.1. The van der Waals surface area contributed by atoms with Crippen LogP contribution in [0.2, 0.25) is 0 Å². The first-order valence-electron chi connectivity index (χ1n) is 10.1. The van der Waals surface area contributed by atoms with Gasteiger partial charge in [-0.15, -0.1) is 59.9 Å². The third-order valence-corrected chi connectivity index (χ3v) is 7.55. The zero-order valence-corrected chi connectivity index (χ0v) is 22.5. The van der Waals surface area contributed by atoms with Gasteiger partial charge in [0.1, 0.15) is 21.0 Å². The van der Waals surface area contributed by atoms with E-state index in [1.807, 2.05) is 30.5 Å². The van der Waals surface area contributed by atoms with Crippen molar-refractivity contribution < 1.29 is 9.53 Å². The van der Waals surface area contributed by atoms with Crippen LogP contribution in [0.3, 0.4) is 0 Å². The summed E-state index contributed by atoms with van der Waals surface area (Å²) in [6, 6.07) is 7.89. The van der Waals surface area contributed by atoms with Gasteiger partial charge in [-0.05, 0) is 56.5 Å². The summed E-state index contributed by atoms with van der Waals surface area (Å²) in [6.45, 7) is 4.93. The number of esters is 1. The average molecular weight is 563 g/mol. The van der Waals surface area contributed by atoms with Crippen LogP contribution in [0.5, 0.6) is 0 Å². The smallest absolute Gasteiger partial charge is 0.348 e. The van der Waals surface area contributed by atoms with E-state index in [4.69, 9.17) is 15.7 Å². The Morgan fingerprint density at radius 3 is 2.59 bits per heavy atom. The molecule has 7 nitrogen and oxygen atoms in total. The zero-order valence-electron chi connectivity index (χ0n) is 18.4. The lowest BCUT2D eigenvalue weighted by atomic mass is 9.98. The largest absolute Gasteiger partial charge is 0.461 e. The van der Waals surface area contributed by atoms with Gasteiger partial charge in [0.2, 0.25) is 0 Å². The number of halogens is 3. The SMILES string of the molecule is Cc1c(C(=O)OCC2CCN(Cc3cnc(-c4ccccn4)s3)CC2)sc(N)c1C#N.Cl.Cl.Cl. The highest BCUT2D eigenvalue weighted by atomic mass is 35.5. The van der Waals surface area contributed by atoms with Crippen LogP contribution in [-0.4, -0.2) is 40.5 Å². The number of nitriles is 1. The molecule has 12 heteroatoms. The third kappa shape index (κ3) is 7.04. The lowest BCUT2D eigenvalue weighted by Crippen LogP contribution is -2.34. The van der Waals surface area contributed by atoms with Gasteiger partial charge in [-0.3, -0.25) is 9.88 Å². The number of hydrogen-bond donors (Lipinski definition) is 1. The van der Waals surface area contributed by atoms with Crippen molar-refractivity contribution in [1.29, 1.82) is 5.26 Å². The van der Waals surface area contributed by atoms with Crippen LogP contribution in [0.1, 0.15) is 38.5 Å². The summed E-state index contributed by atoms with van der Waals surface area (Å²) < 4.78 is 5.54. The van der Waals surface area contributed by atoms with E-state index >= 15 is 0 Å². The van der Waals surface area contributed by atoms with Crippen LogP contribution in [0.4, 0.5) is 5.00 Å². The van der Waals surface area contributed by atoms with E-state index < -0.39 is 0 Å². The molecule has 3 aromatic rings. The molecule has 1 aliphatic rings. The second-order valence-corrected chi connectivity index (χ2v) is 9.74. The highest BCUT2D eigenvalue weighted by Gasteiger charge is 2.24. The van der Waals surface area contributed by atoms with Gasteiger partial charge in [0, 0.05) is 23.8 Å². The minimum atomic E-state index is -0.384. The molecule has 1 fully saturated rings. The fourth-order valence-electron chi connectivity index (χ4n) is 3.65. The van der Waals surface area contributed by atoms with Crippen LogP contribution >= 0.6 is 59.9 Å². The summed E-state index contributed by atoms with van der Waals surface area (Å²) in [4.78, 5) is 25.4. The topological polar surface area (TPSA) is 105 Å². The molecule has 184 valence electrons. The Bertz CT molecular complexity index is 1110. The zero-order chi connectivity index (χ0) is 21.8. The molecular weight excluding hydrogens is 537 g/mol. The van der Waals surface area contributed by atoms with Gasteiger partial charge >= 0.3 is 5.97 Å². The molecule has 0 spiro atoms. The Balaban J connectivity index is 0.00000193. The van der Waals surface area contributed by atoms with Crippen molar-refractivity contribution >= 4 is 70.9 Å². The molecule has 0 aliphatic carbocycles. The summed E-state index contributed by atoms with van der Waals surface area (Å²) in [5.41, 5.74) is 7.71. The summed E-state index contributed by atoms with van der Waals surface area (Å²) >= 11 is 2.81. The maximum absolute atomic E-state index is 12.4. The number of aromatic nitrogens is 2. The average Bonchev–Trinajstić information content (AvgIpc) is 3.37. The lowest BCUT2D eigenvalue weighted by Gasteiger charge is -2.31. The fourth-order valence-corrected chi connectivity index (χ4v) is 5.50. The highest BCUT2D eigenvalue weighted by molar-refractivity contribution is 7.18. The first-order chi connectivity index (χ1) is 15.0. The summed E-state index contributed by atoms with van der Waals surface area (Å²) in [5, 5.41) is 10.4. The summed E-state index contributed by atoms with van der Waals surface area (Å²) in [6.07, 6.45) is 5.68. The molecule has 0 unspecified atom stereocenters. The molecule has 0 aromatic carbocycles. The second-order valence-electron chi connectivity index (χ2n) is 7.57. The number of ether oxygens (including phenoxy) is 1. The first-order valence-corrected chi connectivity index (χ1v) is 11.7. The van der Waals surface area contributed by atoms with Gasteiger partial charge in [-0.2, -0.15) is 5.26 Å². The van der Waals surface area contributed by atoms with Gasteiger partial charge in [0.15, 0.2) is 0 Å². The van der Waals surface area contributed by atoms with Crippen LogP contribution in [0, 0.1) is 24.2 Å². The number of rotatable bonds is 6. The van der Waals surface area contributed by atoms with Crippen molar-refractivity contribution in [3.63, 3.8) is 0 Å². The number of hydrogen-bond acceptors (Lipinski definition) is 9. The third-order valence-electron chi connectivity index (χ3n) is 5.45. The minimum absolute atomic E-state index is 0. The van der Waals surface area contributed by atoms with Crippen molar-refractivity contribution in [2.45, 2.75) is 26.3 Å². The van der Waals surface area contributed by atoms with Crippen LogP contribution in [0.25, 0.3) is 10.7 Å². The molecule has 0 amide bonds. The van der Waals surface area contributed by atoms with E-state index in [-0.39, 0.29) is 43.2 Å². The molecule has 34 heavy (non-hydrogen) atoms. The van der Waals surface area contributed by atoms with Crippen molar-refractivity contribution in [3.8, 4) is 16.8 Å². The van der Waals surface area contributed by atoms with Crippen molar-refractivity contribution in [2.24, 2.45) is 5.92 Å². The molecule has 3 aromatic heterocycles. The number of piperidine rings is 1. The Morgan fingerprint density at radius 2 is 1.97 bits per heavy atom. The molecule has 1 saturated heterocycles. The van der Waals surface area contributed by atoms with Crippen molar-refractivity contribution in [2.75, 3.05) is 25.4 Å². The number of pyridine rings is 1. The predicted molar refractivity (Wildman–Crippen MR) is 144 cm³/mol. The number of carbonyl (C=O) groups excluding carboxylic acids is 1. The van der Waals surface area contributed by atoms with Gasteiger partial charge in [0.05, 0.1) is 17.9 Å². The van der Waals surface area contributed by atoms with Gasteiger partial charge < -0.3 is 10.5 Å². The standard InChI is InChI=1S/C22H23N5O2S2.3ClH/c1-14-17(10-23)20(24)31-19(14)22(28)29-13-15-5-8-27(9-6-15)12-16-11-26-21(30-16)18-4-2-3-7-25-18;;;/h2-4,7,11,15H,5-6,8-9,12-13,24H2,1H3;3*1H. The summed E-state index contributed by atoms with van der Waals surface area (Å²) in [7, 11) is 0. The molecule has 0 radical (unpaired) electrons. The number of thiophene rings is 1. The number of nitrogen functional groups attached to an aromatic ring is 1. The van der Waals surface area contributed by atoms with E-state index in [9.17, 15) is 4.79 Å². The van der Waals surface area contributed by atoms with Gasteiger partial charge in [-0.25, -0.2) is 9.78 Å². The molecule has 1 aliphatic heterocycles. The Morgan fingerprint density at radius 1 is 1.24 bits per heavy atom. The van der Waals surface area contributed by atoms with Crippen molar-refractivity contribution in [1.82, 2.24) is 14.9 Å². The Kier molecular flexibility index (Phi) is 12.2. The predicted octanol–water partition coefficient (Wildman–Crippen LogP) is 5.36. The molecule has 0 saturated carbocycles. The number of thiazole rings is 1. The van der Waals surface area contributed by atoms with Crippen LogP contribution in [-0.2, 0) is 11.3 Å². The minimum Gasteiger partial charge on any atom is -0.461 e. The maximum Gasteiger partial charge on any atom is 0.348 e. The van der Waals surface area contributed by atoms with E-state index in [2.05, 4.69) is 14.9 Å². The number of likely N-dealkylation sites (tertiary alicyclic amines) is 1. The van der Waals surface area contributed by atoms with E-state index in [1.165, 1.54) is 4.88 Å². The van der Waals surface area contributed by atoms with Gasteiger partial charge in [0.25, 0.3) is 0 Å². The highest BCUT2D eigenvalue weighted by Crippen LogP contribution is 2.31. The normalized spacial score (nSPS) is 13.6. The monoisotopic (exact) mass is 561 g/mol. The van der Waals surface area contributed by atoms with E-state index in [0.717, 1.165) is 54.5 Å². The fraction of sp³-hybridized carbons (Fsp3) is 0.364. The van der Waals surface area contributed by atoms with E-state index in [0.29, 0.717) is 33.5 Å². The number of nitrogens with two attached hydrogens (primary N) is 1. The summed E-state index contributed by atoms with van der Waals surface area (Å²) in [5.74, 6) is -0.0383. The Labute approximate surface area is 225 Å². The van der Waals surface area contributed by atoms with Crippen LogP contribution < -0.4 is 5.73 Å². The van der Waals surface area contributed by atoms with Crippen molar-refractivity contribution in [3.05, 3.63) is 51.5 Å². The maximum atomic E-state index is 12.4. The second kappa shape index (κ2) is 13.8. The molecule has 2 N–H and O–H groups in total. The van der Waals surface area contributed by atoms with Crippen LogP contribution in [0.15, 0.2) is 30.6 Å². The lowest BCUT2D eigenvalue weighted by molar-refractivity contribution is 0.0374. The molecular formula is C22H26Cl3N5O2S2. The number of carbonyl (C=O) groups is 1. The van der Waals surface area contributed by atoms with E-state index in [1.54, 1.807) is 24.5 Å². The number of nitrogens with zero attached hydrogens (tertiary/aromatic N) is 4. The Hall–Kier alpha value is -1.93. The molecule has 0 atom stereocenters.